The number of hydrogen-bond donors (Lipinski definition) is 0. The van der Waals surface area contributed by atoms with Crippen molar-refractivity contribution >= 4 is 17.6 Å². The van der Waals surface area contributed by atoms with Crippen LogP contribution in [0.15, 0.2) is 28.0 Å². The van der Waals surface area contributed by atoms with Crippen LogP contribution in [0.2, 0.25) is 0 Å². The first-order valence-corrected chi connectivity index (χ1v) is 8.53. The Morgan fingerprint density at radius 2 is 2.00 bits per heavy atom. The van der Waals surface area contributed by atoms with Crippen LogP contribution in [0.4, 0.5) is 13.2 Å². The number of hydroxylamine groups is 1. The Kier molecular flexibility index (Phi) is 4.84. The fourth-order valence-electron chi connectivity index (χ4n) is 2.76. The summed E-state index contributed by atoms with van der Waals surface area (Å²) in [5.41, 5.74) is 0. The fraction of sp³-hybridized carbons (Fsp3) is 0.438. The van der Waals surface area contributed by atoms with Gasteiger partial charge in [-0.1, -0.05) is 6.42 Å². The highest BCUT2D eigenvalue weighted by Crippen LogP contribution is 2.34. The van der Waals surface area contributed by atoms with E-state index in [2.05, 4.69) is 4.74 Å². The average Bonchev–Trinajstić information content (AvgIpc) is 3.16. The summed E-state index contributed by atoms with van der Waals surface area (Å²) in [7, 11) is 0. The number of ether oxygens (including phenoxy) is 1. The molecular weight excluding hydrogens is 343 g/mol. The Morgan fingerprint density at radius 3 is 2.71 bits per heavy atom. The molecule has 2 aromatic heterocycles. The predicted octanol–water partition coefficient (Wildman–Crippen LogP) is 5.17. The van der Waals surface area contributed by atoms with Crippen molar-refractivity contribution in [1.82, 2.24) is 0 Å². The molecule has 0 radical (unpaired) electrons. The Morgan fingerprint density at radius 1 is 1.25 bits per heavy atom. The van der Waals surface area contributed by atoms with E-state index in [1.54, 1.807) is 12.1 Å². The van der Waals surface area contributed by atoms with Crippen molar-refractivity contribution in [2.24, 2.45) is 0 Å². The second-order valence-electron chi connectivity index (χ2n) is 5.68. The van der Waals surface area contributed by atoms with Gasteiger partial charge >= 0.3 is 6.36 Å². The zero-order chi connectivity index (χ0) is 17.2. The Bertz CT molecular complexity index is 714. The van der Waals surface area contributed by atoms with Gasteiger partial charge in [-0.25, -0.2) is 4.74 Å². The van der Waals surface area contributed by atoms with Crippen molar-refractivity contribution in [3.63, 3.8) is 0 Å². The number of nitrogens with zero attached hydrogens (tertiary/aromatic N) is 1. The first-order valence-electron chi connectivity index (χ1n) is 7.65. The molecule has 2 heterocycles. The largest absolute Gasteiger partial charge is 0.624 e. The molecule has 1 aliphatic carbocycles. The molecule has 0 atom stereocenters. The van der Waals surface area contributed by atoms with Crippen molar-refractivity contribution in [3.05, 3.63) is 34.5 Å². The minimum absolute atomic E-state index is 0.0270. The Hall–Kier alpha value is -1.96. The van der Waals surface area contributed by atoms with Gasteiger partial charge in [-0.05, 0) is 25.0 Å². The quantitative estimate of drug-likeness (QED) is 0.327. The molecule has 8 heteroatoms. The van der Waals surface area contributed by atoms with Gasteiger partial charge in [-0.15, -0.1) is 24.5 Å². The molecule has 0 aliphatic heterocycles. The van der Waals surface area contributed by atoms with E-state index in [1.807, 2.05) is 0 Å². The van der Waals surface area contributed by atoms with Gasteiger partial charge in [0.2, 0.25) is 6.21 Å². The lowest BCUT2D eigenvalue weighted by Gasteiger charge is -2.20. The summed E-state index contributed by atoms with van der Waals surface area (Å²) in [4.78, 5) is 0.504. The number of furan rings is 1. The lowest BCUT2D eigenvalue weighted by atomic mass is 9.96. The molecule has 4 nitrogen and oxygen atoms in total. The van der Waals surface area contributed by atoms with Gasteiger partial charge in [-0.2, -0.15) is 0 Å². The Labute approximate surface area is 140 Å². The monoisotopic (exact) mass is 359 g/mol. The molecule has 0 bridgehead atoms. The SMILES string of the molecule is [O-][N+](=Cc1ccc(-c2cc(OC(F)(F)F)cs2)o1)C1CCCCC1. The summed E-state index contributed by atoms with van der Waals surface area (Å²) in [6, 6.07) is 4.49. The van der Waals surface area contributed by atoms with Crippen LogP contribution in [-0.2, 0) is 0 Å². The first-order chi connectivity index (χ1) is 11.4. The second kappa shape index (κ2) is 6.88. The summed E-state index contributed by atoms with van der Waals surface area (Å²) >= 11 is 1.08. The number of halogens is 3. The highest BCUT2D eigenvalue weighted by atomic mass is 32.1. The van der Waals surface area contributed by atoms with Crippen LogP contribution >= 0.6 is 11.3 Å². The summed E-state index contributed by atoms with van der Waals surface area (Å²) in [6.07, 6.45) is 1.70. The van der Waals surface area contributed by atoms with E-state index >= 15 is 0 Å². The zero-order valence-electron chi connectivity index (χ0n) is 12.7. The normalized spacial score (nSPS) is 17.2. The minimum atomic E-state index is -4.72. The highest BCUT2D eigenvalue weighted by molar-refractivity contribution is 7.13. The van der Waals surface area contributed by atoms with E-state index < -0.39 is 6.36 Å². The number of rotatable bonds is 4. The Balaban J connectivity index is 1.71. The van der Waals surface area contributed by atoms with Crippen LogP contribution in [0.1, 0.15) is 37.9 Å². The van der Waals surface area contributed by atoms with E-state index in [1.165, 1.54) is 17.7 Å². The molecule has 0 aromatic carbocycles. The van der Waals surface area contributed by atoms with Gasteiger partial charge in [0, 0.05) is 24.3 Å². The maximum absolute atomic E-state index is 12.2. The molecule has 0 amide bonds. The molecule has 2 aromatic rings. The van der Waals surface area contributed by atoms with Crippen LogP contribution in [0.25, 0.3) is 10.6 Å². The molecule has 0 unspecified atom stereocenters. The van der Waals surface area contributed by atoms with Crippen molar-refractivity contribution in [2.45, 2.75) is 44.5 Å². The first kappa shape index (κ1) is 16.9. The smallest absolute Gasteiger partial charge is 0.573 e. The topological polar surface area (TPSA) is 48.4 Å². The number of thiophene rings is 1. The minimum Gasteiger partial charge on any atom is -0.624 e. The van der Waals surface area contributed by atoms with Crippen LogP contribution in [0.3, 0.4) is 0 Å². The lowest BCUT2D eigenvalue weighted by Crippen LogP contribution is -2.25. The third-order valence-corrected chi connectivity index (χ3v) is 4.79. The molecule has 0 N–H and O–H groups in total. The van der Waals surface area contributed by atoms with Crippen LogP contribution in [-0.4, -0.2) is 23.4 Å². The predicted molar refractivity (Wildman–Crippen MR) is 84.4 cm³/mol. The summed E-state index contributed by atoms with van der Waals surface area (Å²) < 4.78 is 46.9. The van der Waals surface area contributed by atoms with E-state index in [-0.39, 0.29) is 11.8 Å². The van der Waals surface area contributed by atoms with Gasteiger partial charge in [0.25, 0.3) is 0 Å². The lowest BCUT2D eigenvalue weighted by molar-refractivity contribution is -0.501. The zero-order valence-corrected chi connectivity index (χ0v) is 13.5. The van der Waals surface area contributed by atoms with Crippen molar-refractivity contribution in [2.75, 3.05) is 0 Å². The maximum Gasteiger partial charge on any atom is 0.573 e. The van der Waals surface area contributed by atoms with Crippen LogP contribution in [0.5, 0.6) is 5.75 Å². The molecule has 130 valence electrons. The number of hydrogen-bond acceptors (Lipinski definition) is 4. The average molecular weight is 359 g/mol. The van der Waals surface area contributed by atoms with Crippen LogP contribution < -0.4 is 4.74 Å². The van der Waals surface area contributed by atoms with E-state index in [9.17, 15) is 18.4 Å². The van der Waals surface area contributed by atoms with E-state index in [4.69, 9.17) is 4.42 Å². The molecule has 0 spiro atoms. The van der Waals surface area contributed by atoms with Gasteiger partial charge in [0.15, 0.2) is 11.8 Å². The second-order valence-corrected chi connectivity index (χ2v) is 6.59. The fourth-order valence-corrected chi connectivity index (χ4v) is 3.53. The van der Waals surface area contributed by atoms with Crippen molar-refractivity contribution < 1.29 is 27.1 Å². The summed E-state index contributed by atoms with van der Waals surface area (Å²) in [5, 5.41) is 13.4. The van der Waals surface area contributed by atoms with Crippen molar-refractivity contribution in [3.8, 4) is 16.4 Å². The van der Waals surface area contributed by atoms with Gasteiger partial charge in [0.05, 0.1) is 4.88 Å². The van der Waals surface area contributed by atoms with Gasteiger partial charge in [0.1, 0.15) is 11.5 Å². The van der Waals surface area contributed by atoms with Crippen molar-refractivity contribution in [1.29, 1.82) is 0 Å². The third-order valence-electron chi connectivity index (χ3n) is 3.87. The van der Waals surface area contributed by atoms with Gasteiger partial charge < -0.3 is 14.4 Å². The molecular formula is C16H16F3NO3S. The standard InChI is InChI=1S/C16H16F3NO3S/c17-16(18,19)23-13-8-15(24-10-13)14-7-6-12(22-14)9-20(21)11-4-2-1-3-5-11/h6-11H,1-5H2. The molecule has 1 saturated carbocycles. The molecule has 24 heavy (non-hydrogen) atoms. The molecule has 1 fully saturated rings. The third kappa shape index (κ3) is 4.31. The molecule has 0 saturated heterocycles. The summed E-state index contributed by atoms with van der Waals surface area (Å²) in [6.45, 7) is 0. The van der Waals surface area contributed by atoms with Gasteiger partial charge in [-0.3, -0.25) is 0 Å². The maximum atomic E-state index is 12.2. The summed E-state index contributed by atoms with van der Waals surface area (Å²) in [5.74, 6) is 0.509. The van der Waals surface area contributed by atoms with Crippen LogP contribution in [0, 0.1) is 5.21 Å². The molecule has 3 rings (SSSR count). The van der Waals surface area contributed by atoms with E-state index in [0.29, 0.717) is 16.4 Å². The highest BCUT2D eigenvalue weighted by Gasteiger charge is 2.31. The van der Waals surface area contributed by atoms with E-state index in [0.717, 1.165) is 48.2 Å². The molecule has 1 aliphatic rings. The number of alkyl halides is 3.